The van der Waals surface area contributed by atoms with Crippen LogP contribution in [0.25, 0.3) is 0 Å². The maximum atomic E-state index is 12.2. The molecule has 3 heterocycles. The molecule has 10 heteroatoms. The van der Waals surface area contributed by atoms with E-state index in [0.29, 0.717) is 64.0 Å². The van der Waals surface area contributed by atoms with E-state index in [0.717, 1.165) is 5.56 Å². The van der Waals surface area contributed by atoms with Crippen molar-refractivity contribution in [3.8, 4) is 5.88 Å². The Morgan fingerprint density at radius 3 is 2.58 bits per heavy atom. The molecule has 1 N–H and O–H groups in total. The monoisotopic (exact) mass is 357 g/mol. The van der Waals surface area contributed by atoms with Crippen LogP contribution in [-0.2, 0) is 16.6 Å². The fourth-order valence-electron chi connectivity index (χ4n) is 3.01. The molecule has 1 aromatic heterocycles. The number of rotatable bonds is 5. The molecule has 0 spiro atoms. The second-order valence-electron chi connectivity index (χ2n) is 6.11. The van der Waals surface area contributed by atoms with Gasteiger partial charge in [0.2, 0.25) is 15.9 Å². The zero-order valence-electron chi connectivity index (χ0n) is 14.0. The molecule has 1 fully saturated rings. The number of amides is 1. The van der Waals surface area contributed by atoms with Crippen LogP contribution in [0.5, 0.6) is 5.88 Å². The molecule has 0 radical (unpaired) electrons. The zero-order valence-corrected chi connectivity index (χ0v) is 14.8. The second kappa shape index (κ2) is 6.69. The molecule has 1 aromatic rings. The molecular formula is C14H23N5O4S. The van der Waals surface area contributed by atoms with Gasteiger partial charge in [-0.25, -0.2) is 13.1 Å². The molecule has 0 unspecified atom stereocenters. The smallest absolute Gasteiger partial charge is 0.272 e. The quantitative estimate of drug-likeness (QED) is 0.718. The number of aromatic nitrogens is 2. The summed E-state index contributed by atoms with van der Waals surface area (Å²) < 4.78 is 31.6. The van der Waals surface area contributed by atoms with Gasteiger partial charge in [-0.15, -0.1) is 0 Å². The summed E-state index contributed by atoms with van der Waals surface area (Å²) in [6.07, 6.45) is 1.23. The molecule has 3 rings (SSSR count). The topological polar surface area (TPSA) is 96.8 Å². The summed E-state index contributed by atoms with van der Waals surface area (Å²) >= 11 is 0. The Morgan fingerprint density at radius 1 is 1.25 bits per heavy atom. The molecule has 2 aliphatic rings. The van der Waals surface area contributed by atoms with Crippen molar-refractivity contribution in [1.82, 2.24) is 24.3 Å². The molecule has 134 valence electrons. The molecule has 2 aliphatic heterocycles. The molecule has 0 aromatic carbocycles. The predicted octanol–water partition coefficient (Wildman–Crippen LogP) is -1.11. The van der Waals surface area contributed by atoms with Gasteiger partial charge in [0.15, 0.2) is 5.69 Å². The number of piperazine rings is 1. The molecule has 24 heavy (non-hydrogen) atoms. The van der Waals surface area contributed by atoms with E-state index in [1.165, 1.54) is 10.6 Å². The number of hydrogen-bond acceptors (Lipinski definition) is 6. The van der Waals surface area contributed by atoms with E-state index in [1.807, 2.05) is 6.92 Å². The van der Waals surface area contributed by atoms with Gasteiger partial charge in [-0.05, 0) is 6.92 Å². The Kier molecular flexibility index (Phi) is 4.79. The number of fused-ring (bicyclic) bond motifs is 1. The lowest BCUT2D eigenvalue weighted by atomic mass is 10.2. The SMILES string of the molecule is Cc1c(C(=O)NCCN2CCN(S(C)(=O)=O)CC2)nn2c1OCC2. The van der Waals surface area contributed by atoms with Gasteiger partial charge in [0.05, 0.1) is 12.8 Å². The van der Waals surface area contributed by atoms with Gasteiger partial charge >= 0.3 is 0 Å². The molecule has 9 nitrogen and oxygen atoms in total. The number of carbonyl (C=O) groups excluding carboxylic acids is 1. The number of sulfonamides is 1. The molecule has 0 bridgehead atoms. The normalized spacial score (nSPS) is 19.1. The summed E-state index contributed by atoms with van der Waals surface area (Å²) in [5.74, 6) is 0.477. The predicted molar refractivity (Wildman–Crippen MR) is 87.6 cm³/mol. The minimum atomic E-state index is -3.11. The molecule has 0 aliphatic carbocycles. The average Bonchev–Trinajstić information content (AvgIpc) is 3.10. The Balaban J connectivity index is 1.45. The van der Waals surface area contributed by atoms with Crippen molar-refractivity contribution in [3.05, 3.63) is 11.3 Å². The number of nitrogens with zero attached hydrogens (tertiary/aromatic N) is 4. The highest BCUT2D eigenvalue weighted by Gasteiger charge is 2.25. The Labute approximate surface area is 141 Å². The van der Waals surface area contributed by atoms with Crippen LogP contribution in [0.3, 0.4) is 0 Å². The Morgan fingerprint density at radius 2 is 1.96 bits per heavy atom. The van der Waals surface area contributed by atoms with E-state index in [9.17, 15) is 13.2 Å². The molecule has 1 saturated heterocycles. The van der Waals surface area contributed by atoms with Gasteiger partial charge in [0.1, 0.15) is 6.61 Å². The number of ether oxygens (including phenoxy) is 1. The minimum Gasteiger partial charge on any atom is -0.476 e. The van der Waals surface area contributed by atoms with Gasteiger partial charge in [-0.1, -0.05) is 0 Å². The lowest BCUT2D eigenvalue weighted by Gasteiger charge is -2.33. The number of carbonyl (C=O) groups is 1. The summed E-state index contributed by atoms with van der Waals surface area (Å²) in [4.78, 5) is 14.4. The Bertz CT molecular complexity index is 722. The first-order valence-electron chi connectivity index (χ1n) is 8.02. The van der Waals surface area contributed by atoms with Crippen molar-refractivity contribution in [2.45, 2.75) is 13.5 Å². The average molecular weight is 357 g/mol. The summed E-state index contributed by atoms with van der Waals surface area (Å²) in [5.41, 5.74) is 1.18. The van der Waals surface area contributed by atoms with Crippen LogP contribution < -0.4 is 10.1 Å². The van der Waals surface area contributed by atoms with E-state index < -0.39 is 10.0 Å². The number of nitrogens with one attached hydrogen (secondary N) is 1. The highest BCUT2D eigenvalue weighted by atomic mass is 32.2. The molecule has 0 atom stereocenters. The summed E-state index contributed by atoms with van der Waals surface area (Å²) in [6, 6.07) is 0. The third-order valence-corrected chi connectivity index (χ3v) is 5.71. The summed E-state index contributed by atoms with van der Waals surface area (Å²) in [7, 11) is -3.11. The van der Waals surface area contributed by atoms with Crippen LogP contribution in [0.15, 0.2) is 0 Å². The largest absolute Gasteiger partial charge is 0.476 e. The van der Waals surface area contributed by atoms with E-state index in [1.54, 1.807) is 4.68 Å². The standard InChI is InChI=1S/C14H23N5O4S/c1-11-12(16-19-9-10-23-14(11)19)13(20)15-3-4-17-5-7-18(8-6-17)24(2,21)22/h3-10H2,1-2H3,(H,15,20). The maximum absolute atomic E-state index is 12.2. The third kappa shape index (κ3) is 3.55. The summed E-state index contributed by atoms with van der Waals surface area (Å²) in [6.45, 7) is 6.64. The van der Waals surface area contributed by atoms with Crippen molar-refractivity contribution in [1.29, 1.82) is 0 Å². The Hall–Kier alpha value is -1.65. The molecular weight excluding hydrogens is 334 g/mol. The lowest BCUT2D eigenvalue weighted by molar-refractivity contribution is 0.0938. The first kappa shape index (κ1) is 17.2. The van der Waals surface area contributed by atoms with Crippen molar-refractivity contribution < 1.29 is 17.9 Å². The van der Waals surface area contributed by atoms with Gasteiger partial charge in [0.25, 0.3) is 5.91 Å². The van der Waals surface area contributed by atoms with E-state index >= 15 is 0 Å². The van der Waals surface area contributed by atoms with Crippen LogP contribution in [0, 0.1) is 6.92 Å². The van der Waals surface area contributed by atoms with Crippen LogP contribution in [0.2, 0.25) is 0 Å². The zero-order chi connectivity index (χ0) is 17.3. The van der Waals surface area contributed by atoms with Gasteiger partial charge in [-0.3, -0.25) is 9.69 Å². The van der Waals surface area contributed by atoms with Crippen LogP contribution >= 0.6 is 0 Å². The minimum absolute atomic E-state index is 0.201. The highest BCUT2D eigenvalue weighted by Crippen LogP contribution is 2.25. The van der Waals surface area contributed by atoms with Crippen molar-refractivity contribution in [2.24, 2.45) is 0 Å². The van der Waals surface area contributed by atoms with Gasteiger partial charge < -0.3 is 10.1 Å². The van der Waals surface area contributed by atoms with Crippen molar-refractivity contribution in [2.75, 3.05) is 52.1 Å². The first-order valence-corrected chi connectivity index (χ1v) is 9.87. The number of hydrogen-bond donors (Lipinski definition) is 1. The lowest BCUT2D eigenvalue weighted by Crippen LogP contribution is -2.49. The van der Waals surface area contributed by atoms with E-state index in [-0.39, 0.29) is 5.91 Å². The van der Waals surface area contributed by atoms with Gasteiger partial charge in [-0.2, -0.15) is 9.40 Å². The van der Waals surface area contributed by atoms with Crippen LogP contribution in [0.4, 0.5) is 0 Å². The maximum Gasteiger partial charge on any atom is 0.272 e. The molecule has 1 amide bonds. The van der Waals surface area contributed by atoms with E-state index in [2.05, 4.69) is 15.3 Å². The van der Waals surface area contributed by atoms with Crippen LogP contribution in [0.1, 0.15) is 16.1 Å². The fourth-order valence-corrected chi connectivity index (χ4v) is 3.84. The van der Waals surface area contributed by atoms with Crippen LogP contribution in [-0.4, -0.2) is 85.4 Å². The van der Waals surface area contributed by atoms with E-state index in [4.69, 9.17) is 4.74 Å². The first-order chi connectivity index (χ1) is 11.4. The third-order valence-electron chi connectivity index (χ3n) is 4.40. The summed E-state index contributed by atoms with van der Waals surface area (Å²) in [5, 5.41) is 7.16. The van der Waals surface area contributed by atoms with Gasteiger partial charge in [0, 0.05) is 44.8 Å². The highest BCUT2D eigenvalue weighted by molar-refractivity contribution is 7.88. The fraction of sp³-hybridized carbons (Fsp3) is 0.714. The second-order valence-corrected chi connectivity index (χ2v) is 8.09. The van der Waals surface area contributed by atoms with Crippen molar-refractivity contribution >= 4 is 15.9 Å². The molecule has 0 saturated carbocycles. The van der Waals surface area contributed by atoms with Crippen molar-refractivity contribution in [3.63, 3.8) is 0 Å².